The summed E-state index contributed by atoms with van der Waals surface area (Å²) in [6, 6.07) is 8.57. The molecule has 0 spiro atoms. The van der Waals surface area contributed by atoms with Crippen molar-refractivity contribution in [3.8, 4) is 12.1 Å². The zero-order valence-electron chi connectivity index (χ0n) is 8.40. The molecule has 0 aliphatic rings. The highest BCUT2D eigenvalue weighted by atomic mass is 35.5. The van der Waals surface area contributed by atoms with E-state index in [2.05, 4.69) is 20.7 Å². The summed E-state index contributed by atoms with van der Waals surface area (Å²) in [4.78, 5) is 0. The molecule has 0 aliphatic carbocycles. The second-order valence-electron chi connectivity index (χ2n) is 3.04. The van der Waals surface area contributed by atoms with Gasteiger partial charge in [0.1, 0.15) is 22.8 Å². The SMILES string of the molecule is N#CC(C#N)=NNc1cccc2c(Cl)[nH]nc12. The van der Waals surface area contributed by atoms with Crippen molar-refractivity contribution in [3.05, 3.63) is 23.4 Å². The highest BCUT2D eigenvalue weighted by Gasteiger charge is 2.06. The summed E-state index contributed by atoms with van der Waals surface area (Å²) in [5, 5.41) is 28.5. The maximum Gasteiger partial charge on any atom is 0.237 e. The minimum absolute atomic E-state index is 0.261. The van der Waals surface area contributed by atoms with Gasteiger partial charge in [0.25, 0.3) is 0 Å². The molecule has 82 valence electrons. The highest BCUT2D eigenvalue weighted by molar-refractivity contribution is 6.34. The van der Waals surface area contributed by atoms with Crippen molar-refractivity contribution in [1.29, 1.82) is 10.5 Å². The average molecular weight is 245 g/mol. The topological polar surface area (TPSA) is 101 Å². The largest absolute Gasteiger partial charge is 0.274 e. The second-order valence-corrected chi connectivity index (χ2v) is 3.41. The Kier molecular flexibility index (Phi) is 2.91. The van der Waals surface area contributed by atoms with Gasteiger partial charge in [-0.1, -0.05) is 17.7 Å². The van der Waals surface area contributed by atoms with Crippen LogP contribution in [0.2, 0.25) is 5.15 Å². The molecule has 2 rings (SSSR count). The Morgan fingerprint density at radius 1 is 1.41 bits per heavy atom. The molecule has 0 saturated heterocycles. The number of nitrogens with one attached hydrogen (secondary N) is 2. The van der Waals surface area contributed by atoms with Gasteiger partial charge in [0.15, 0.2) is 0 Å². The lowest BCUT2D eigenvalue weighted by Crippen LogP contribution is -1.96. The number of hydrogen-bond donors (Lipinski definition) is 2. The van der Waals surface area contributed by atoms with Gasteiger partial charge in [-0.3, -0.25) is 10.5 Å². The zero-order chi connectivity index (χ0) is 12.3. The quantitative estimate of drug-likeness (QED) is 0.623. The third kappa shape index (κ3) is 2.03. The molecule has 1 heterocycles. The van der Waals surface area contributed by atoms with Crippen molar-refractivity contribution in [3.63, 3.8) is 0 Å². The van der Waals surface area contributed by atoms with Gasteiger partial charge >= 0.3 is 0 Å². The molecule has 2 aromatic rings. The number of hydrogen-bond acceptors (Lipinski definition) is 5. The lowest BCUT2D eigenvalue weighted by molar-refractivity contribution is 1.12. The van der Waals surface area contributed by atoms with E-state index in [9.17, 15) is 0 Å². The molecular formula is C10H5ClN6. The number of nitriles is 2. The van der Waals surface area contributed by atoms with Gasteiger partial charge in [-0.25, -0.2) is 0 Å². The van der Waals surface area contributed by atoms with Crippen molar-refractivity contribution < 1.29 is 0 Å². The number of benzene rings is 1. The molecule has 0 amide bonds. The first-order valence-electron chi connectivity index (χ1n) is 4.52. The van der Waals surface area contributed by atoms with Crippen molar-refractivity contribution in [1.82, 2.24) is 10.2 Å². The number of hydrazone groups is 1. The monoisotopic (exact) mass is 244 g/mol. The fraction of sp³-hybridized carbons (Fsp3) is 0. The van der Waals surface area contributed by atoms with E-state index in [0.29, 0.717) is 16.4 Å². The first-order chi connectivity index (χ1) is 8.26. The number of anilines is 1. The molecule has 0 aliphatic heterocycles. The van der Waals surface area contributed by atoms with Gasteiger partial charge in [-0.15, -0.1) is 0 Å². The molecule has 0 radical (unpaired) electrons. The van der Waals surface area contributed by atoms with Crippen LogP contribution in [-0.2, 0) is 0 Å². The molecule has 0 saturated carbocycles. The Bertz CT molecular complexity index is 656. The molecule has 17 heavy (non-hydrogen) atoms. The second kappa shape index (κ2) is 4.52. The molecule has 6 nitrogen and oxygen atoms in total. The van der Waals surface area contributed by atoms with Crippen LogP contribution in [0.25, 0.3) is 10.9 Å². The molecule has 1 aromatic carbocycles. The standard InChI is InChI=1S/C10H5ClN6/c11-10-7-2-1-3-8(9(7)16-17-10)15-14-6(4-12)5-13/h1-3,15H,(H,16,17). The molecule has 2 N–H and O–H groups in total. The van der Waals surface area contributed by atoms with Crippen LogP contribution in [0.5, 0.6) is 0 Å². The van der Waals surface area contributed by atoms with Gasteiger partial charge < -0.3 is 0 Å². The van der Waals surface area contributed by atoms with E-state index in [4.69, 9.17) is 22.1 Å². The van der Waals surface area contributed by atoms with Crippen LogP contribution in [0.4, 0.5) is 5.69 Å². The van der Waals surface area contributed by atoms with Crippen LogP contribution in [-0.4, -0.2) is 15.9 Å². The lowest BCUT2D eigenvalue weighted by Gasteiger charge is -1.99. The Morgan fingerprint density at radius 2 is 2.18 bits per heavy atom. The number of H-pyrrole nitrogens is 1. The maximum absolute atomic E-state index is 8.54. The first kappa shape index (κ1) is 10.9. The molecule has 1 aromatic heterocycles. The van der Waals surface area contributed by atoms with Crippen molar-refractivity contribution in [2.24, 2.45) is 5.10 Å². The highest BCUT2D eigenvalue weighted by Crippen LogP contribution is 2.26. The fourth-order valence-corrected chi connectivity index (χ4v) is 1.48. The average Bonchev–Trinajstić information content (AvgIpc) is 2.73. The Hall–Kier alpha value is -2.57. The number of aromatic nitrogens is 2. The summed E-state index contributed by atoms with van der Waals surface area (Å²) in [5.74, 6) is 0. The summed E-state index contributed by atoms with van der Waals surface area (Å²) in [6.45, 7) is 0. The van der Waals surface area contributed by atoms with Crippen molar-refractivity contribution in [2.45, 2.75) is 0 Å². The Morgan fingerprint density at radius 3 is 2.88 bits per heavy atom. The number of nitrogens with zero attached hydrogens (tertiary/aromatic N) is 4. The van der Waals surface area contributed by atoms with Crippen LogP contribution in [0.3, 0.4) is 0 Å². The van der Waals surface area contributed by atoms with Crippen LogP contribution < -0.4 is 5.43 Å². The van der Waals surface area contributed by atoms with E-state index in [-0.39, 0.29) is 5.71 Å². The molecule has 0 bridgehead atoms. The zero-order valence-corrected chi connectivity index (χ0v) is 9.15. The van der Waals surface area contributed by atoms with E-state index in [0.717, 1.165) is 5.39 Å². The summed E-state index contributed by atoms with van der Waals surface area (Å²) in [5.41, 5.74) is 3.50. The van der Waals surface area contributed by atoms with E-state index in [1.165, 1.54) is 0 Å². The summed E-state index contributed by atoms with van der Waals surface area (Å²) >= 11 is 5.88. The Labute approximate surface area is 101 Å². The summed E-state index contributed by atoms with van der Waals surface area (Å²) in [7, 11) is 0. The normalized spacial score (nSPS) is 9.35. The molecule has 0 fully saturated rings. The molecule has 0 unspecified atom stereocenters. The van der Waals surface area contributed by atoms with Crippen molar-refractivity contribution in [2.75, 3.05) is 5.43 Å². The predicted octanol–water partition coefficient (Wildman–Crippen LogP) is 2.03. The number of halogens is 1. The number of rotatable bonds is 2. The van der Waals surface area contributed by atoms with Gasteiger partial charge in [0, 0.05) is 5.39 Å². The first-order valence-corrected chi connectivity index (χ1v) is 4.90. The van der Waals surface area contributed by atoms with Gasteiger partial charge in [0.05, 0.1) is 5.69 Å². The van der Waals surface area contributed by atoms with Gasteiger partial charge in [0.2, 0.25) is 5.71 Å². The van der Waals surface area contributed by atoms with Gasteiger partial charge in [-0.05, 0) is 12.1 Å². The Balaban J connectivity index is 2.41. The molecule has 7 heteroatoms. The minimum Gasteiger partial charge on any atom is -0.274 e. The van der Waals surface area contributed by atoms with Crippen LogP contribution in [0.15, 0.2) is 23.3 Å². The summed E-state index contributed by atoms with van der Waals surface area (Å²) in [6.07, 6.45) is 0. The lowest BCUT2D eigenvalue weighted by atomic mass is 10.2. The minimum atomic E-state index is -0.261. The van der Waals surface area contributed by atoms with Crippen molar-refractivity contribution >= 4 is 33.9 Å². The third-order valence-electron chi connectivity index (χ3n) is 2.04. The number of para-hydroxylation sites is 1. The predicted molar refractivity (Wildman–Crippen MR) is 63.4 cm³/mol. The van der Waals surface area contributed by atoms with Crippen LogP contribution in [0.1, 0.15) is 0 Å². The number of aromatic amines is 1. The maximum atomic E-state index is 8.54. The summed E-state index contributed by atoms with van der Waals surface area (Å²) < 4.78 is 0. The van der Waals surface area contributed by atoms with Crippen LogP contribution in [0, 0.1) is 22.7 Å². The number of fused-ring (bicyclic) bond motifs is 1. The van der Waals surface area contributed by atoms with Crippen LogP contribution >= 0.6 is 11.6 Å². The van der Waals surface area contributed by atoms with E-state index >= 15 is 0 Å². The third-order valence-corrected chi connectivity index (χ3v) is 2.33. The van der Waals surface area contributed by atoms with E-state index in [1.54, 1.807) is 30.3 Å². The molecular weight excluding hydrogens is 240 g/mol. The molecule has 0 atom stereocenters. The van der Waals surface area contributed by atoms with Gasteiger partial charge in [-0.2, -0.15) is 20.7 Å². The smallest absolute Gasteiger partial charge is 0.237 e. The van der Waals surface area contributed by atoms with E-state index < -0.39 is 0 Å². The fourth-order valence-electron chi connectivity index (χ4n) is 1.29. The van der Waals surface area contributed by atoms with E-state index in [1.807, 2.05) is 0 Å².